The molecule has 0 aliphatic heterocycles. The van der Waals surface area contributed by atoms with Crippen molar-refractivity contribution in [1.29, 1.82) is 0 Å². The van der Waals surface area contributed by atoms with E-state index in [-0.39, 0.29) is 5.97 Å². The fourth-order valence-electron chi connectivity index (χ4n) is 2.28. The number of hydrogen-bond acceptors (Lipinski definition) is 2. The molecule has 0 heterocycles. The summed E-state index contributed by atoms with van der Waals surface area (Å²) in [7, 11) is 0. The molecule has 18 heavy (non-hydrogen) atoms. The van der Waals surface area contributed by atoms with Crippen molar-refractivity contribution in [3.63, 3.8) is 0 Å². The van der Waals surface area contributed by atoms with Gasteiger partial charge in [-0.15, -0.1) is 0 Å². The van der Waals surface area contributed by atoms with Gasteiger partial charge in [-0.3, -0.25) is 4.79 Å². The second kappa shape index (κ2) is 8.73. The van der Waals surface area contributed by atoms with Crippen molar-refractivity contribution in [2.45, 2.75) is 51.9 Å². The van der Waals surface area contributed by atoms with Crippen LogP contribution in [-0.2, 0) is 9.53 Å². The predicted molar refractivity (Wildman–Crippen MR) is 74.6 cm³/mol. The van der Waals surface area contributed by atoms with Crippen molar-refractivity contribution >= 4 is 5.97 Å². The zero-order valence-electron chi connectivity index (χ0n) is 11.5. The highest BCUT2D eigenvalue weighted by Gasteiger charge is 2.11. The van der Waals surface area contributed by atoms with Gasteiger partial charge in [0.25, 0.3) is 0 Å². The van der Waals surface area contributed by atoms with Crippen LogP contribution < -0.4 is 0 Å². The van der Waals surface area contributed by atoms with Gasteiger partial charge in [-0.2, -0.15) is 0 Å². The fourth-order valence-corrected chi connectivity index (χ4v) is 2.28. The molecule has 1 atom stereocenters. The van der Waals surface area contributed by atoms with Crippen LogP contribution in [0.1, 0.15) is 57.4 Å². The normalized spacial score (nSPS) is 12.1. The van der Waals surface area contributed by atoms with Crippen molar-refractivity contribution < 1.29 is 9.53 Å². The van der Waals surface area contributed by atoms with Crippen LogP contribution in [-0.4, -0.2) is 12.6 Å². The Balaban J connectivity index is 2.42. The van der Waals surface area contributed by atoms with Gasteiger partial charge in [-0.25, -0.2) is 0 Å². The molecular weight excluding hydrogens is 224 g/mol. The molecule has 1 aromatic rings. The van der Waals surface area contributed by atoms with Crippen LogP contribution >= 0.6 is 0 Å². The smallest absolute Gasteiger partial charge is 0.305 e. The van der Waals surface area contributed by atoms with Crippen LogP contribution in [0.4, 0.5) is 0 Å². The van der Waals surface area contributed by atoms with Crippen LogP contribution in [0.5, 0.6) is 0 Å². The van der Waals surface area contributed by atoms with Gasteiger partial charge in [0.05, 0.1) is 6.61 Å². The summed E-state index contributed by atoms with van der Waals surface area (Å²) in [4.78, 5) is 11.3. The first-order valence-corrected chi connectivity index (χ1v) is 6.98. The van der Waals surface area contributed by atoms with E-state index in [0.717, 1.165) is 12.8 Å². The molecule has 0 unspecified atom stereocenters. The largest absolute Gasteiger partial charge is 0.466 e. The minimum Gasteiger partial charge on any atom is -0.466 e. The third-order valence-electron chi connectivity index (χ3n) is 3.15. The maximum absolute atomic E-state index is 11.3. The quantitative estimate of drug-likeness (QED) is 0.641. The number of hydrogen-bond donors (Lipinski definition) is 0. The lowest BCUT2D eigenvalue weighted by Gasteiger charge is -2.16. The van der Waals surface area contributed by atoms with Crippen molar-refractivity contribution in [2.75, 3.05) is 6.61 Å². The molecule has 0 saturated heterocycles. The molecule has 0 aliphatic rings. The second-order valence-corrected chi connectivity index (χ2v) is 4.59. The summed E-state index contributed by atoms with van der Waals surface area (Å²) in [6.07, 6.45) is 4.89. The molecule has 0 aliphatic carbocycles. The first-order chi connectivity index (χ1) is 8.77. The standard InChI is InChI=1S/C16H24O2/c1-3-9-14(15-10-6-5-7-11-15)12-8-13-16(17)18-4-2/h5-7,10-11,14H,3-4,8-9,12-13H2,1-2H3/t14-/m0/s1. The summed E-state index contributed by atoms with van der Waals surface area (Å²) in [5, 5.41) is 0. The highest BCUT2D eigenvalue weighted by molar-refractivity contribution is 5.69. The minimum absolute atomic E-state index is 0.0687. The lowest BCUT2D eigenvalue weighted by atomic mass is 9.90. The van der Waals surface area contributed by atoms with E-state index >= 15 is 0 Å². The third kappa shape index (κ3) is 5.35. The Labute approximate surface area is 110 Å². The monoisotopic (exact) mass is 248 g/mol. The van der Waals surface area contributed by atoms with Gasteiger partial charge in [-0.1, -0.05) is 43.7 Å². The number of ether oxygens (including phenoxy) is 1. The summed E-state index contributed by atoms with van der Waals surface area (Å²) in [5.74, 6) is 0.506. The summed E-state index contributed by atoms with van der Waals surface area (Å²) in [5.41, 5.74) is 1.39. The first-order valence-electron chi connectivity index (χ1n) is 6.98. The molecule has 0 N–H and O–H groups in total. The molecule has 0 amide bonds. The van der Waals surface area contributed by atoms with E-state index in [2.05, 4.69) is 31.2 Å². The van der Waals surface area contributed by atoms with E-state index in [1.54, 1.807) is 0 Å². The number of esters is 1. The molecule has 0 aromatic heterocycles. The van der Waals surface area contributed by atoms with Crippen molar-refractivity contribution in [3.05, 3.63) is 35.9 Å². The van der Waals surface area contributed by atoms with Gasteiger partial charge in [-0.05, 0) is 37.7 Å². The van der Waals surface area contributed by atoms with E-state index in [0.29, 0.717) is 18.9 Å². The molecule has 0 bridgehead atoms. The Morgan fingerprint density at radius 2 is 1.89 bits per heavy atom. The van der Waals surface area contributed by atoms with Crippen LogP contribution in [0, 0.1) is 0 Å². The zero-order valence-corrected chi connectivity index (χ0v) is 11.5. The molecule has 1 aromatic carbocycles. The summed E-state index contributed by atoms with van der Waals surface area (Å²) < 4.78 is 4.95. The average Bonchev–Trinajstić information content (AvgIpc) is 2.39. The summed E-state index contributed by atoms with van der Waals surface area (Å²) in [6, 6.07) is 10.6. The van der Waals surface area contributed by atoms with Gasteiger partial charge in [0, 0.05) is 6.42 Å². The van der Waals surface area contributed by atoms with E-state index in [1.807, 2.05) is 13.0 Å². The van der Waals surface area contributed by atoms with Crippen LogP contribution in [0.15, 0.2) is 30.3 Å². The van der Waals surface area contributed by atoms with E-state index in [1.165, 1.54) is 18.4 Å². The Kier molecular flexibility index (Phi) is 7.16. The molecule has 0 fully saturated rings. The Morgan fingerprint density at radius 1 is 1.17 bits per heavy atom. The van der Waals surface area contributed by atoms with Gasteiger partial charge < -0.3 is 4.74 Å². The molecule has 1 rings (SSSR count). The van der Waals surface area contributed by atoms with Gasteiger partial charge >= 0.3 is 5.97 Å². The highest BCUT2D eigenvalue weighted by atomic mass is 16.5. The molecule has 2 heteroatoms. The van der Waals surface area contributed by atoms with Gasteiger partial charge in [0.2, 0.25) is 0 Å². The second-order valence-electron chi connectivity index (χ2n) is 4.59. The number of rotatable bonds is 8. The van der Waals surface area contributed by atoms with Crippen LogP contribution in [0.25, 0.3) is 0 Å². The minimum atomic E-state index is -0.0687. The SMILES string of the molecule is CCC[C@@H](CCCC(=O)OCC)c1ccccc1. The van der Waals surface area contributed by atoms with Crippen molar-refractivity contribution in [1.82, 2.24) is 0 Å². The number of carbonyl (C=O) groups is 1. The number of benzene rings is 1. The molecular formula is C16H24O2. The molecule has 0 saturated carbocycles. The maximum atomic E-state index is 11.3. The van der Waals surface area contributed by atoms with E-state index < -0.39 is 0 Å². The lowest BCUT2D eigenvalue weighted by molar-refractivity contribution is -0.143. The molecule has 0 spiro atoms. The average molecular weight is 248 g/mol. The van der Waals surface area contributed by atoms with Crippen molar-refractivity contribution in [3.8, 4) is 0 Å². The lowest BCUT2D eigenvalue weighted by Crippen LogP contribution is -2.05. The predicted octanol–water partition coefficient (Wildman–Crippen LogP) is 4.30. The summed E-state index contributed by atoms with van der Waals surface area (Å²) >= 11 is 0. The fraction of sp³-hybridized carbons (Fsp3) is 0.562. The molecule has 2 nitrogen and oxygen atoms in total. The molecule has 100 valence electrons. The third-order valence-corrected chi connectivity index (χ3v) is 3.15. The van der Waals surface area contributed by atoms with Gasteiger partial charge in [0.1, 0.15) is 0 Å². The highest BCUT2D eigenvalue weighted by Crippen LogP contribution is 2.26. The van der Waals surface area contributed by atoms with Crippen LogP contribution in [0.3, 0.4) is 0 Å². The van der Waals surface area contributed by atoms with Crippen LogP contribution in [0.2, 0.25) is 0 Å². The van der Waals surface area contributed by atoms with E-state index in [4.69, 9.17) is 4.74 Å². The van der Waals surface area contributed by atoms with Gasteiger partial charge in [0.15, 0.2) is 0 Å². The maximum Gasteiger partial charge on any atom is 0.305 e. The summed E-state index contributed by atoms with van der Waals surface area (Å²) in [6.45, 7) is 4.54. The Hall–Kier alpha value is -1.31. The topological polar surface area (TPSA) is 26.3 Å². The number of carbonyl (C=O) groups excluding carboxylic acids is 1. The zero-order chi connectivity index (χ0) is 13.2. The van der Waals surface area contributed by atoms with Crippen molar-refractivity contribution in [2.24, 2.45) is 0 Å². The Bertz CT molecular complexity index is 332. The van der Waals surface area contributed by atoms with E-state index in [9.17, 15) is 4.79 Å². The Morgan fingerprint density at radius 3 is 2.50 bits per heavy atom. The molecule has 0 radical (unpaired) electrons. The first kappa shape index (κ1) is 14.7.